The third-order valence-corrected chi connectivity index (χ3v) is 3.40. The van der Waals surface area contributed by atoms with Gasteiger partial charge in [-0.05, 0) is 18.9 Å². The summed E-state index contributed by atoms with van der Waals surface area (Å²) >= 11 is 0. The zero-order chi connectivity index (χ0) is 13.1. The molecule has 1 aromatic carbocycles. The molecule has 5 heteroatoms. The van der Waals surface area contributed by atoms with Crippen molar-refractivity contribution in [3.8, 4) is 5.75 Å². The van der Waals surface area contributed by atoms with Crippen molar-refractivity contribution in [2.24, 2.45) is 0 Å². The fourth-order valence-corrected chi connectivity index (χ4v) is 2.28. The molecule has 0 saturated carbocycles. The lowest BCUT2D eigenvalue weighted by atomic mass is 10.00. The average Bonchev–Trinajstić information content (AvgIpc) is 2.91. The summed E-state index contributed by atoms with van der Waals surface area (Å²) in [6.07, 6.45) is 2.34. The van der Waals surface area contributed by atoms with Crippen LogP contribution in [0.4, 0.5) is 0 Å². The highest BCUT2D eigenvalue weighted by Crippen LogP contribution is 2.25. The molecule has 0 radical (unpaired) electrons. The summed E-state index contributed by atoms with van der Waals surface area (Å²) in [6, 6.07) is 7.18. The van der Waals surface area contributed by atoms with E-state index in [1.807, 2.05) is 12.1 Å². The van der Waals surface area contributed by atoms with Gasteiger partial charge in [-0.1, -0.05) is 23.4 Å². The molecule has 2 heterocycles. The Balaban J connectivity index is 1.73. The van der Waals surface area contributed by atoms with E-state index in [9.17, 15) is 5.11 Å². The number of phenols is 1. The van der Waals surface area contributed by atoms with Crippen molar-refractivity contribution in [3.63, 3.8) is 0 Å². The predicted molar refractivity (Wildman–Crippen MR) is 68.0 cm³/mol. The molecule has 0 aliphatic carbocycles. The van der Waals surface area contributed by atoms with Crippen molar-refractivity contribution in [3.05, 3.63) is 41.5 Å². The summed E-state index contributed by atoms with van der Waals surface area (Å²) in [5, 5.41) is 13.8. The molecule has 0 unspecified atom stereocenters. The molecule has 1 N–H and O–H groups in total. The van der Waals surface area contributed by atoms with Crippen LogP contribution in [0.15, 0.2) is 28.8 Å². The monoisotopic (exact) mass is 260 g/mol. The van der Waals surface area contributed by atoms with Crippen molar-refractivity contribution < 1.29 is 14.4 Å². The second-order valence-electron chi connectivity index (χ2n) is 4.74. The lowest BCUT2D eigenvalue weighted by molar-refractivity contribution is 0.0830. The van der Waals surface area contributed by atoms with Gasteiger partial charge in [-0.15, -0.1) is 0 Å². The van der Waals surface area contributed by atoms with Crippen molar-refractivity contribution >= 4 is 0 Å². The Kier molecular flexibility index (Phi) is 3.46. The molecule has 0 amide bonds. The van der Waals surface area contributed by atoms with Gasteiger partial charge in [0.1, 0.15) is 5.75 Å². The molecule has 2 aromatic rings. The van der Waals surface area contributed by atoms with E-state index in [2.05, 4.69) is 10.1 Å². The Labute approximate surface area is 111 Å². The fourth-order valence-electron chi connectivity index (χ4n) is 2.28. The molecule has 3 rings (SSSR count). The van der Waals surface area contributed by atoms with E-state index in [1.165, 1.54) is 0 Å². The van der Waals surface area contributed by atoms with Crippen LogP contribution >= 0.6 is 0 Å². The van der Waals surface area contributed by atoms with E-state index < -0.39 is 0 Å². The molecule has 5 nitrogen and oxygen atoms in total. The topological polar surface area (TPSA) is 68.4 Å². The van der Waals surface area contributed by atoms with Crippen molar-refractivity contribution in [2.75, 3.05) is 13.2 Å². The molecule has 100 valence electrons. The molecule has 0 spiro atoms. The van der Waals surface area contributed by atoms with Crippen LogP contribution < -0.4 is 0 Å². The van der Waals surface area contributed by atoms with Crippen LogP contribution in [0.2, 0.25) is 0 Å². The van der Waals surface area contributed by atoms with E-state index in [1.54, 1.807) is 12.1 Å². The predicted octanol–water partition coefficient (Wildman–Crippen LogP) is 2.26. The summed E-state index contributed by atoms with van der Waals surface area (Å²) < 4.78 is 10.6. The van der Waals surface area contributed by atoms with E-state index in [4.69, 9.17) is 9.26 Å². The average molecular weight is 260 g/mol. The van der Waals surface area contributed by atoms with Crippen molar-refractivity contribution in [1.82, 2.24) is 10.1 Å². The van der Waals surface area contributed by atoms with Gasteiger partial charge in [0, 0.05) is 24.7 Å². The van der Waals surface area contributed by atoms with Crippen LogP contribution in [0.5, 0.6) is 5.75 Å². The van der Waals surface area contributed by atoms with E-state index >= 15 is 0 Å². The third kappa shape index (κ3) is 2.76. The lowest BCUT2D eigenvalue weighted by Crippen LogP contribution is -2.15. The highest BCUT2D eigenvalue weighted by Gasteiger charge is 2.21. The Morgan fingerprint density at radius 3 is 2.79 bits per heavy atom. The molecular formula is C14H16N2O3. The van der Waals surface area contributed by atoms with Crippen molar-refractivity contribution in [2.45, 2.75) is 25.2 Å². The summed E-state index contributed by atoms with van der Waals surface area (Å²) in [6.45, 7) is 1.52. The van der Waals surface area contributed by atoms with Gasteiger partial charge < -0.3 is 14.4 Å². The number of nitrogens with zero attached hydrogens (tertiary/aromatic N) is 2. The molecule has 19 heavy (non-hydrogen) atoms. The number of rotatable bonds is 3. The molecule has 0 atom stereocenters. The maximum atomic E-state index is 9.72. The number of benzene rings is 1. The van der Waals surface area contributed by atoms with Crippen LogP contribution in [-0.2, 0) is 11.2 Å². The molecule has 1 aliphatic rings. The second-order valence-corrected chi connectivity index (χ2v) is 4.74. The normalized spacial score (nSPS) is 16.6. The zero-order valence-corrected chi connectivity index (χ0v) is 10.6. The first-order valence-corrected chi connectivity index (χ1v) is 6.50. The summed E-state index contributed by atoms with van der Waals surface area (Å²) in [5.74, 6) is 1.89. The highest BCUT2D eigenvalue weighted by atomic mass is 16.5. The van der Waals surface area contributed by atoms with Crippen molar-refractivity contribution in [1.29, 1.82) is 0 Å². The smallest absolute Gasteiger partial charge is 0.231 e. The minimum absolute atomic E-state index is 0.258. The minimum Gasteiger partial charge on any atom is -0.508 e. The fraction of sp³-hybridized carbons (Fsp3) is 0.429. The van der Waals surface area contributed by atoms with Gasteiger partial charge in [-0.25, -0.2) is 0 Å². The Morgan fingerprint density at radius 1 is 1.21 bits per heavy atom. The second kappa shape index (κ2) is 5.40. The van der Waals surface area contributed by atoms with Gasteiger partial charge in [0.2, 0.25) is 5.89 Å². The number of para-hydroxylation sites is 1. The first-order chi connectivity index (χ1) is 9.33. The van der Waals surface area contributed by atoms with Crippen LogP contribution in [0.1, 0.15) is 36.0 Å². The molecule has 0 bridgehead atoms. The molecule has 1 aliphatic heterocycles. The summed E-state index contributed by atoms with van der Waals surface area (Å²) in [7, 11) is 0. The first-order valence-electron chi connectivity index (χ1n) is 6.50. The summed E-state index contributed by atoms with van der Waals surface area (Å²) in [4.78, 5) is 4.43. The van der Waals surface area contributed by atoms with E-state index in [-0.39, 0.29) is 5.75 Å². The van der Waals surface area contributed by atoms with Gasteiger partial charge in [0.15, 0.2) is 5.82 Å². The molecule has 1 aromatic heterocycles. The van der Waals surface area contributed by atoms with Crippen LogP contribution in [-0.4, -0.2) is 28.5 Å². The Morgan fingerprint density at radius 2 is 2.00 bits per heavy atom. The zero-order valence-electron chi connectivity index (χ0n) is 10.6. The summed E-state index contributed by atoms with van der Waals surface area (Å²) in [5.41, 5.74) is 0.796. The number of phenolic OH excluding ortho intramolecular Hbond substituents is 1. The van der Waals surface area contributed by atoms with E-state index in [0.29, 0.717) is 18.2 Å². The maximum absolute atomic E-state index is 9.72. The minimum atomic E-state index is 0.258. The van der Waals surface area contributed by atoms with Gasteiger partial charge in [-0.2, -0.15) is 4.98 Å². The molecule has 1 saturated heterocycles. The van der Waals surface area contributed by atoms with Gasteiger partial charge in [0.25, 0.3) is 0 Å². The van der Waals surface area contributed by atoms with Crippen LogP contribution in [0, 0.1) is 0 Å². The highest BCUT2D eigenvalue weighted by molar-refractivity contribution is 5.33. The Bertz CT molecular complexity index is 547. The standard InChI is InChI=1S/C14H16N2O3/c17-12-4-2-1-3-11(12)9-13-15-14(16-19-13)10-5-7-18-8-6-10/h1-4,10,17H,5-9H2. The number of aromatic hydroxyl groups is 1. The SMILES string of the molecule is Oc1ccccc1Cc1nc(C2CCOCC2)no1. The van der Waals surface area contributed by atoms with Crippen LogP contribution in [0.25, 0.3) is 0 Å². The number of hydrogen-bond donors (Lipinski definition) is 1. The molecule has 1 fully saturated rings. The van der Waals surface area contributed by atoms with Gasteiger partial charge >= 0.3 is 0 Å². The maximum Gasteiger partial charge on any atom is 0.231 e. The van der Waals surface area contributed by atoms with Crippen LogP contribution in [0.3, 0.4) is 0 Å². The van der Waals surface area contributed by atoms with Gasteiger partial charge in [-0.3, -0.25) is 0 Å². The first kappa shape index (κ1) is 12.2. The number of ether oxygens (including phenoxy) is 1. The molecular weight excluding hydrogens is 244 g/mol. The van der Waals surface area contributed by atoms with E-state index in [0.717, 1.165) is 37.4 Å². The quantitative estimate of drug-likeness (QED) is 0.916. The number of hydrogen-bond acceptors (Lipinski definition) is 5. The van der Waals surface area contributed by atoms with Gasteiger partial charge in [0.05, 0.1) is 6.42 Å². The largest absolute Gasteiger partial charge is 0.508 e. The lowest BCUT2D eigenvalue weighted by Gasteiger charge is -2.18. The third-order valence-electron chi connectivity index (χ3n) is 3.40. The Hall–Kier alpha value is -1.88. The number of aromatic nitrogens is 2.